The third-order valence-corrected chi connectivity index (χ3v) is 12.9. The summed E-state index contributed by atoms with van der Waals surface area (Å²) in [7, 11) is 0. The van der Waals surface area contributed by atoms with Crippen molar-refractivity contribution in [1.82, 2.24) is 14.9 Å². The van der Waals surface area contributed by atoms with Crippen LogP contribution >= 0.6 is 0 Å². The normalized spacial score (nSPS) is 26.8. The minimum atomic E-state index is -1.02. The van der Waals surface area contributed by atoms with E-state index >= 15 is 0 Å². The molecule has 5 heterocycles. The van der Waals surface area contributed by atoms with E-state index < -0.39 is 29.8 Å². The number of ketones is 1. The monoisotopic (exact) mass is 738 g/mol. The van der Waals surface area contributed by atoms with Crippen molar-refractivity contribution in [2.75, 3.05) is 6.54 Å². The van der Waals surface area contributed by atoms with Gasteiger partial charge in [0.1, 0.15) is 18.0 Å². The second-order valence-corrected chi connectivity index (χ2v) is 16.5. The van der Waals surface area contributed by atoms with Crippen LogP contribution in [-0.2, 0) is 24.1 Å². The van der Waals surface area contributed by atoms with Gasteiger partial charge in [-0.05, 0) is 90.0 Å². The van der Waals surface area contributed by atoms with Gasteiger partial charge >= 0.3 is 0 Å². The molecule has 2 bridgehead atoms. The summed E-state index contributed by atoms with van der Waals surface area (Å²) in [6, 6.07) is 9.82. The molecule has 5 aliphatic rings. The lowest BCUT2D eigenvalue weighted by Crippen LogP contribution is -2.36. The number of allylic oxidation sites excluding steroid dienone is 1. The second kappa shape index (κ2) is 14.7. The first-order chi connectivity index (χ1) is 26.7. The molecule has 1 fully saturated rings. The molecule has 1 spiro atoms. The highest BCUT2D eigenvalue weighted by molar-refractivity contribution is 5.83. The summed E-state index contributed by atoms with van der Waals surface area (Å²) in [5.41, 5.74) is 13.2. The molecule has 3 aliphatic heterocycles. The quantitative estimate of drug-likeness (QED) is 0.110. The van der Waals surface area contributed by atoms with Crippen molar-refractivity contribution in [2.45, 2.75) is 102 Å². The van der Waals surface area contributed by atoms with Crippen molar-refractivity contribution in [3.8, 4) is 35.4 Å². The molecule has 0 radical (unpaired) electrons. The van der Waals surface area contributed by atoms with Crippen molar-refractivity contribution >= 4 is 16.7 Å². The zero-order chi connectivity index (χ0) is 37.7. The highest BCUT2D eigenvalue weighted by atomic mass is 16.5. The number of aryl methyl sites for hydroxylation is 1. The SMILES string of the molecule is CC1C=CC(C(O)CC(=O)CCc2ccc3c(c2)OC2C(C#CC(O)c4ccc5c(c4Cc4c[nH]c6cn2cc46)CCNC5N)C2(C#CO3)CCCC2)CC1. The molecule has 1 saturated carbocycles. The molecule has 7 atom stereocenters. The highest BCUT2D eigenvalue weighted by Gasteiger charge is 2.46. The summed E-state index contributed by atoms with van der Waals surface area (Å²) < 4.78 is 15.3. The van der Waals surface area contributed by atoms with Crippen LogP contribution in [0.2, 0.25) is 0 Å². The number of benzene rings is 2. The van der Waals surface area contributed by atoms with Gasteiger partial charge in [0.05, 0.1) is 29.1 Å². The van der Waals surface area contributed by atoms with Gasteiger partial charge in [0.15, 0.2) is 17.7 Å². The predicted molar refractivity (Wildman–Crippen MR) is 211 cm³/mol. The number of nitrogens with two attached hydrogens (primary N) is 1. The zero-order valence-electron chi connectivity index (χ0n) is 31.4. The van der Waals surface area contributed by atoms with E-state index in [4.69, 9.17) is 15.2 Å². The van der Waals surface area contributed by atoms with Crippen LogP contribution in [0.4, 0.5) is 0 Å². The molecular formula is C46H50N4O5. The average Bonchev–Trinajstić information content (AvgIpc) is 3.93. The Bertz CT molecular complexity index is 2270. The van der Waals surface area contributed by atoms with E-state index in [0.717, 1.165) is 90.2 Å². The molecule has 2 aromatic carbocycles. The van der Waals surface area contributed by atoms with Gasteiger partial charge < -0.3 is 35.0 Å². The molecular weight excluding hydrogens is 689 g/mol. The topological polar surface area (TPSA) is 135 Å². The number of ether oxygens (including phenoxy) is 2. The van der Waals surface area contributed by atoms with Gasteiger partial charge in [-0.2, -0.15) is 0 Å². The van der Waals surface area contributed by atoms with E-state index in [-0.39, 0.29) is 24.3 Å². The van der Waals surface area contributed by atoms with Gasteiger partial charge in [-0.25, -0.2) is 0 Å². The van der Waals surface area contributed by atoms with Crippen LogP contribution in [0, 0.1) is 47.0 Å². The number of fused-ring (bicyclic) bond motifs is 8. The number of aliphatic hydroxyl groups is 2. The zero-order valence-corrected chi connectivity index (χ0v) is 31.4. The van der Waals surface area contributed by atoms with Gasteiger partial charge in [0.25, 0.3) is 0 Å². The summed E-state index contributed by atoms with van der Waals surface area (Å²) >= 11 is 0. The fraction of sp³-hybridized carbons (Fsp3) is 0.457. The molecule has 9 nitrogen and oxygen atoms in total. The number of aliphatic hydroxyl groups excluding tert-OH is 2. The van der Waals surface area contributed by atoms with Crippen molar-refractivity contribution in [1.29, 1.82) is 0 Å². The van der Waals surface area contributed by atoms with E-state index in [2.05, 4.69) is 76.4 Å². The summed E-state index contributed by atoms with van der Waals surface area (Å²) in [6.45, 7) is 2.95. The van der Waals surface area contributed by atoms with Crippen molar-refractivity contribution < 1.29 is 24.5 Å². The predicted octanol–water partition coefficient (Wildman–Crippen LogP) is 6.68. The minimum absolute atomic E-state index is 0.0341. The molecule has 0 amide bonds. The molecule has 55 heavy (non-hydrogen) atoms. The maximum atomic E-state index is 13.1. The Morgan fingerprint density at radius 2 is 1.93 bits per heavy atom. The Morgan fingerprint density at radius 3 is 2.76 bits per heavy atom. The van der Waals surface area contributed by atoms with Crippen LogP contribution in [0.5, 0.6) is 11.5 Å². The number of hydrogen-bond acceptors (Lipinski definition) is 7. The van der Waals surface area contributed by atoms with Crippen LogP contribution in [0.3, 0.4) is 0 Å². The lowest BCUT2D eigenvalue weighted by Gasteiger charge is -2.35. The summed E-state index contributed by atoms with van der Waals surface area (Å²) in [5.74, 6) is 11.7. The number of nitrogens with zero attached hydrogens (tertiary/aromatic N) is 1. The van der Waals surface area contributed by atoms with Crippen LogP contribution in [-0.4, -0.2) is 38.2 Å². The number of carbonyl (C=O) groups excluding carboxylic acids is 1. The number of aromatic amines is 1. The van der Waals surface area contributed by atoms with E-state index in [0.29, 0.717) is 36.7 Å². The smallest absolute Gasteiger partial charge is 0.191 e. The van der Waals surface area contributed by atoms with Gasteiger partial charge in [-0.3, -0.25) is 10.1 Å². The number of rotatable bonds is 6. The fourth-order valence-electron chi connectivity index (χ4n) is 9.63. The maximum Gasteiger partial charge on any atom is 0.191 e. The van der Waals surface area contributed by atoms with Crippen LogP contribution in [0.25, 0.3) is 10.9 Å². The molecule has 9 heteroatoms. The lowest BCUT2D eigenvalue weighted by molar-refractivity contribution is -0.121. The average molecular weight is 739 g/mol. The van der Waals surface area contributed by atoms with Gasteiger partial charge in [0.2, 0.25) is 0 Å². The second-order valence-electron chi connectivity index (χ2n) is 16.5. The van der Waals surface area contributed by atoms with Gasteiger partial charge in [-0.15, -0.1) is 0 Å². The Morgan fingerprint density at radius 1 is 1.07 bits per heavy atom. The molecule has 9 rings (SSSR count). The summed E-state index contributed by atoms with van der Waals surface area (Å²) in [5, 5.41) is 27.2. The number of nitrogens with one attached hydrogen (secondary N) is 2. The van der Waals surface area contributed by atoms with Crippen LogP contribution < -0.4 is 20.5 Å². The van der Waals surface area contributed by atoms with Crippen LogP contribution in [0.1, 0.15) is 110 Å². The Balaban J connectivity index is 1.07. The highest BCUT2D eigenvalue weighted by Crippen LogP contribution is 2.50. The molecule has 2 aromatic heterocycles. The molecule has 0 saturated heterocycles. The number of H-pyrrole nitrogens is 1. The summed E-state index contributed by atoms with van der Waals surface area (Å²) in [6.07, 6.45) is 19.2. The van der Waals surface area contributed by atoms with Crippen LogP contribution in [0.15, 0.2) is 61.1 Å². The first kappa shape index (κ1) is 35.9. The summed E-state index contributed by atoms with van der Waals surface area (Å²) in [4.78, 5) is 16.6. The number of hydrogen-bond donors (Lipinski definition) is 5. The third kappa shape index (κ3) is 6.89. The number of Topliss-reactive ketones (excluding diaryl/α,β-unsaturated/α-hetero) is 1. The molecule has 284 valence electrons. The van der Waals surface area contributed by atoms with E-state index in [1.54, 1.807) is 0 Å². The molecule has 6 N–H and O–H groups in total. The van der Waals surface area contributed by atoms with E-state index in [1.165, 1.54) is 5.56 Å². The maximum absolute atomic E-state index is 13.1. The molecule has 4 aromatic rings. The Hall–Kier alpha value is -4.77. The number of carbonyl (C=O) groups is 1. The fourth-order valence-corrected chi connectivity index (χ4v) is 9.63. The Labute approximate surface area is 322 Å². The standard InChI is InChI=1S/C46H50N4O5/c1-28-4-8-30(9-5-28)41(53)24-32(51)10-6-29-7-15-42-43(22-29)55-45-38(46(19-21-54-42)17-2-3-18-46)13-14-40(52)34-11-12-35-33(16-20-48-44(35)47)36(34)23-31-25-49-39-27-50(45)26-37(31)39/h4,7-8,11-12,15,22,25-28,30,38,40-41,44-45,48-49,52-53H,2-3,5-6,9-10,16-18,20,23-24,47H2,1H3. The van der Waals surface area contributed by atoms with Gasteiger partial charge in [0, 0.05) is 55.7 Å². The number of aromatic nitrogens is 2. The third-order valence-electron chi connectivity index (χ3n) is 12.9. The minimum Gasteiger partial charge on any atom is -0.465 e. The molecule has 2 aliphatic carbocycles. The first-order valence-electron chi connectivity index (χ1n) is 20.1. The van der Waals surface area contributed by atoms with Crippen molar-refractivity contribution in [3.05, 3.63) is 94.5 Å². The largest absolute Gasteiger partial charge is 0.465 e. The van der Waals surface area contributed by atoms with E-state index in [1.807, 2.05) is 30.3 Å². The van der Waals surface area contributed by atoms with Crippen molar-refractivity contribution in [3.63, 3.8) is 0 Å². The van der Waals surface area contributed by atoms with Crippen molar-refractivity contribution in [2.24, 2.45) is 28.9 Å². The van der Waals surface area contributed by atoms with E-state index in [9.17, 15) is 15.0 Å². The molecule has 7 unspecified atom stereocenters. The lowest BCUT2D eigenvalue weighted by atomic mass is 9.73. The Kier molecular flexibility index (Phi) is 9.60. The first-order valence-corrected chi connectivity index (χ1v) is 20.1. The van der Waals surface area contributed by atoms with Gasteiger partial charge in [-0.1, -0.05) is 67.9 Å².